The Morgan fingerprint density at radius 1 is 1.48 bits per heavy atom. The first kappa shape index (κ1) is 14.2. The fourth-order valence-electron chi connectivity index (χ4n) is 3.27. The predicted octanol–water partition coefficient (Wildman–Crippen LogP) is 2.08. The van der Waals surface area contributed by atoms with Crippen LogP contribution >= 0.6 is 0 Å². The third kappa shape index (κ3) is 2.46. The lowest BCUT2D eigenvalue weighted by Gasteiger charge is -2.30. The number of aromatic hydroxyl groups is 1. The van der Waals surface area contributed by atoms with Gasteiger partial charge in [-0.25, -0.2) is 4.79 Å². The maximum absolute atomic E-state index is 12.6. The average Bonchev–Trinajstić information content (AvgIpc) is 3.08. The molecule has 2 aliphatic rings. The number of ether oxygens (including phenoxy) is 2. The van der Waals surface area contributed by atoms with Crippen molar-refractivity contribution in [2.75, 3.05) is 13.2 Å². The summed E-state index contributed by atoms with van der Waals surface area (Å²) in [5, 5.41) is 13.0. The molecule has 1 heterocycles. The molecule has 1 aromatic carbocycles. The van der Waals surface area contributed by atoms with Crippen LogP contribution in [-0.4, -0.2) is 30.3 Å². The van der Waals surface area contributed by atoms with E-state index < -0.39 is 5.54 Å². The van der Waals surface area contributed by atoms with Crippen molar-refractivity contribution in [3.63, 3.8) is 0 Å². The van der Waals surface area contributed by atoms with E-state index >= 15 is 0 Å². The molecule has 1 aliphatic heterocycles. The molecule has 3 rings (SSSR count). The summed E-state index contributed by atoms with van der Waals surface area (Å²) in [6, 6.07) is 5.18. The van der Waals surface area contributed by atoms with Gasteiger partial charge < -0.3 is 14.6 Å². The van der Waals surface area contributed by atoms with Crippen LogP contribution < -0.4 is 10.1 Å². The number of carbonyl (C=O) groups is 1. The summed E-state index contributed by atoms with van der Waals surface area (Å²) in [4.78, 5) is 12.6. The third-order valence-electron chi connectivity index (χ3n) is 4.30. The van der Waals surface area contributed by atoms with Crippen molar-refractivity contribution in [2.24, 2.45) is 0 Å². The van der Waals surface area contributed by atoms with E-state index in [9.17, 15) is 9.90 Å². The lowest BCUT2D eigenvalue weighted by Crippen LogP contribution is -2.54. The van der Waals surface area contributed by atoms with Crippen molar-refractivity contribution in [2.45, 2.75) is 44.2 Å². The Balaban J connectivity index is 1.96. The van der Waals surface area contributed by atoms with E-state index in [1.807, 2.05) is 0 Å². The molecule has 1 saturated carbocycles. The molecule has 0 bridgehead atoms. The quantitative estimate of drug-likeness (QED) is 0.831. The first-order valence-corrected chi connectivity index (χ1v) is 7.57. The number of esters is 1. The Kier molecular flexibility index (Phi) is 3.76. The smallest absolute Gasteiger partial charge is 0.334 e. The molecular weight excluding hydrogens is 270 g/mol. The molecule has 5 heteroatoms. The second-order valence-corrected chi connectivity index (χ2v) is 5.72. The number of phenolic OH excluding ortho intramolecular Hbond substituents is 1. The zero-order valence-electron chi connectivity index (χ0n) is 12.2. The van der Waals surface area contributed by atoms with E-state index in [1.54, 1.807) is 25.1 Å². The monoisotopic (exact) mass is 291 g/mol. The van der Waals surface area contributed by atoms with Gasteiger partial charge >= 0.3 is 5.97 Å². The summed E-state index contributed by atoms with van der Waals surface area (Å²) in [7, 11) is 0. The van der Waals surface area contributed by atoms with Crippen LogP contribution in [0.2, 0.25) is 0 Å². The Bertz CT molecular complexity index is 539. The number of hydrogen-bond donors (Lipinski definition) is 2. The van der Waals surface area contributed by atoms with Gasteiger partial charge in [-0.15, -0.1) is 0 Å². The summed E-state index contributed by atoms with van der Waals surface area (Å²) in [5.74, 6) is 0.379. The van der Waals surface area contributed by atoms with Gasteiger partial charge in [-0.2, -0.15) is 0 Å². The second kappa shape index (κ2) is 5.56. The van der Waals surface area contributed by atoms with Gasteiger partial charge in [0.1, 0.15) is 18.1 Å². The van der Waals surface area contributed by atoms with Gasteiger partial charge in [0.25, 0.3) is 0 Å². The highest BCUT2D eigenvalue weighted by molar-refractivity contribution is 5.85. The molecule has 0 amide bonds. The molecule has 1 atom stereocenters. The van der Waals surface area contributed by atoms with Crippen molar-refractivity contribution < 1.29 is 19.4 Å². The van der Waals surface area contributed by atoms with E-state index in [2.05, 4.69) is 5.32 Å². The molecule has 0 spiro atoms. The maximum Gasteiger partial charge on any atom is 0.334 e. The highest BCUT2D eigenvalue weighted by Crippen LogP contribution is 2.41. The third-order valence-corrected chi connectivity index (χ3v) is 4.30. The molecular formula is C16H21NO4. The number of rotatable bonds is 4. The summed E-state index contributed by atoms with van der Waals surface area (Å²) in [6.45, 7) is 2.34. The topological polar surface area (TPSA) is 67.8 Å². The number of benzene rings is 1. The van der Waals surface area contributed by atoms with Gasteiger partial charge in [-0.3, -0.25) is 5.32 Å². The molecule has 114 valence electrons. The van der Waals surface area contributed by atoms with Crippen LogP contribution in [-0.2, 0) is 15.1 Å². The van der Waals surface area contributed by atoms with E-state index in [1.165, 1.54) is 12.8 Å². The molecule has 21 heavy (non-hydrogen) atoms. The Hall–Kier alpha value is -1.75. The zero-order valence-corrected chi connectivity index (χ0v) is 12.2. The highest BCUT2D eigenvalue weighted by Gasteiger charge is 2.50. The lowest BCUT2D eigenvalue weighted by molar-refractivity contribution is -0.152. The summed E-state index contributed by atoms with van der Waals surface area (Å²) >= 11 is 0. The van der Waals surface area contributed by atoms with E-state index in [0.717, 1.165) is 18.4 Å². The minimum Gasteiger partial charge on any atom is -0.508 e. The summed E-state index contributed by atoms with van der Waals surface area (Å²) in [6.07, 6.45) is 4.49. The van der Waals surface area contributed by atoms with Gasteiger partial charge in [0, 0.05) is 17.7 Å². The highest BCUT2D eigenvalue weighted by atomic mass is 16.5. The number of hydrogen-bond acceptors (Lipinski definition) is 5. The number of fused-ring (bicyclic) bond motifs is 1. The van der Waals surface area contributed by atoms with Crippen molar-refractivity contribution in [1.82, 2.24) is 5.32 Å². The Morgan fingerprint density at radius 3 is 2.95 bits per heavy atom. The molecule has 1 unspecified atom stereocenters. The van der Waals surface area contributed by atoms with Gasteiger partial charge in [0.05, 0.1) is 6.61 Å². The van der Waals surface area contributed by atoms with Crippen molar-refractivity contribution >= 4 is 5.97 Å². The first-order valence-electron chi connectivity index (χ1n) is 7.57. The zero-order chi connectivity index (χ0) is 14.9. The van der Waals surface area contributed by atoms with Crippen LogP contribution in [0.15, 0.2) is 18.2 Å². The minimum atomic E-state index is -0.950. The van der Waals surface area contributed by atoms with Crippen molar-refractivity contribution in [1.29, 1.82) is 0 Å². The van der Waals surface area contributed by atoms with Gasteiger partial charge in [0.2, 0.25) is 0 Å². The van der Waals surface area contributed by atoms with Crippen LogP contribution in [0.3, 0.4) is 0 Å². The van der Waals surface area contributed by atoms with E-state index in [4.69, 9.17) is 9.47 Å². The molecule has 1 aromatic rings. The molecule has 0 saturated heterocycles. The molecule has 1 aliphatic carbocycles. The Morgan fingerprint density at radius 2 is 2.24 bits per heavy atom. The molecule has 0 radical (unpaired) electrons. The van der Waals surface area contributed by atoms with Crippen LogP contribution in [0.4, 0.5) is 0 Å². The number of phenols is 1. The standard InChI is InChI=1S/C16H21NO4/c1-2-20-15(19)16(17-11-5-3-4-6-11)10-21-14-9-12(18)7-8-13(14)16/h7-9,11,17-18H,2-6,10H2,1H3. The van der Waals surface area contributed by atoms with Crippen molar-refractivity contribution in [3.05, 3.63) is 23.8 Å². The van der Waals surface area contributed by atoms with Crippen LogP contribution in [0.25, 0.3) is 0 Å². The normalized spacial score (nSPS) is 24.6. The molecule has 1 fully saturated rings. The van der Waals surface area contributed by atoms with Crippen LogP contribution in [0, 0.1) is 0 Å². The van der Waals surface area contributed by atoms with Crippen molar-refractivity contribution in [3.8, 4) is 11.5 Å². The number of nitrogens with one attached hydrogen (secondary N) is 1. The average molecular weight is 291 g/mol. The minimum absolute atomic E-state index is 0.134. The molecule has 0 aromatic heterocycles. The largest absolute Gasteiger partial charge is 0.508 e. The van der Waals surface area contributed by atoms with Gasteiger partial charge in [-0.05, 0) is 31.9 Å². The van der Waals surface area contributed by atoms with Crippen LogP contribution in [0.5, 0.6) is 11.5 Å². The molecule has 5 nitrogen and oxygen atoms in total. The van der Waals surface area contributed by atoms with Gasteiger partial charge in [0.15, 0.2) is 5.54 Å². The first-order chi connectivity index (χ1) is 10.2. The number of carbonyl (C=O) groups excluding carboxylic acids is 1. The second-order valence-electron chi connectivity index (χ2n) is 5.72. The lowest BCUT2D eigenvalue weighted by atomic mass is 9.90. The summed E-state index contributed by atoms with van der Waals surface area (Å²) in [5.41, 5.74) is -0.195. The maximum atomic E-state index is 12.6. The molecule has 2 N–H and O–H groups in total. The van der Waals surface area contributed by atoms with E-state index in [0.29, 0.717) is 18.4 Å². The summed E-state index contributed by atoms with van der Waals surface area (Å²) < 4.78 is 10.9. The fourth-order valence-corrected chi connectivity index (χ4v) is 3.27. The van der Waals surface area contributed by atoms with Gasteiger partial charge in [-0.1, -0.05) is 12.8 Å². The predicted molar refractivity (Wildman–Crippen MR) is 77.3 cm³/mol. The van der Waals surface area contributed by atoms with Crippen LogP contribution in [0.1, 0.15) is 38.2 Å². The fraction of sp³-hybridized carbons (Fsp3) is 0.562. The van der Waals surface area contributed by atoms with E-state index in [-0.39, 0.29) is 18.3 Å². The Labute approximate surface area is 124 Å². The SMILES string of the molecule is CCOC(=O)C1(NC2CCCC2)COc2cc(O)ccc21.